The average molecular weight is 488 g/mol. The van der Waals surface area contributed by atoms with E-state index in [4.69, 9.17) is 9.72 Å². The summed E-state index contributed by atoms with van der Waals surface area (Å²) >= 11 is 1.34. The molecule has 7 nitrogen and oxygen atoms in total. The van der Waals surface area contributed by atoms with E-state index in [2.05, 4.69) is 4.98 Å². The molecule has 0 radical (unpaired) electrons. The summed E-state index contributed by atoms with van der Waals surface area (Å²) in [6.45, 7) is 0. The number of pyridine rings is 1. The fourth-order valence-electron chi connectivity index (χ4n) is 3.88. The van der Waals surface area contributed by atoms with Gasteiger partial charge < -0.3 is 9.84 Å². The van der Waals surface area contributed by atoms with E-state index in [0.29, 0.717) is 17.4 Å². The first kappa shape index (κ1) is 24.1. The Balaban J connectivity index is 1.59. The van der Waals surface area contributed by atoms with Crippen molar-refractivity contribution in [2.75, 3.05) is 19.1 Å². The molecule has 0 aliphatic rings. The number of carbonyl (C=O) groups excluding carboxylic acids is 1. The molecule has 2 heterocycles. The Kier molecular flexibility index (Phi) is 7.52. The quantitative estimate of drug-likeness (QED) is 0.350. The lowest BCUT2D eigenvalue weighted by Gasteiger charge is -2.21. The number of ether oxygens (including phenoxy) is 1. The molecule has 1 atom stereocenters. The number of nitrogens with zero attached hydrogens (tertiary/aromatic N) is 3. The number of amides is 1. The van der Waals surface area contributed by atoms with Gasteiger partial charge in [-0.05, 0) is 23.6 Å². The first-order valence-electron chi connectivity index (χ1n) is 11.0. The molecule has 0 aliphatic heterocycles. The van der Waals surface area contributed by atoms with Crippen LogP contribution in [0.2, 0.25) is 0 Å². The zero-order valence-corrected chi connectivity index (χ0v) is 20.2. The van der Waals surface area contributed by atoms with E-state index in [9.17, 15) is 14.7 Å². The van der Waals surface area contributed by atoms with Crippen LogP contribution in [0.3, 0.4) is 0 Å². The van der Waals surface area contributed by atoms with Gasteiger partial charge >= 0.3 is 5.97 Å². The van der Waals surface area contributed by atoms with E-state index in [1.54, 1.807) is 26.4 Å². The van der Waals surface area contributed by atoms with Crippen LogP contribution in [0.5, 0.6) is 5.88 Å². The van der Waals surface area contributed by atoms with Gasteiger partial charge in [0.25, 0.3) is 0 Å². The van der Waals surface area contributed by atoms with Crippen LogP contribution in [0.25, 0.3) is 22.4 Å². The molecule has 8 heteroatoms. The Bertz CT molecular complexity index is 1310. The van der Waals surface area contributed by atoms with Crippen LogP contribution in [0.4, 0.5) is 5.13 Å². The van der Waals surface area contributed by atoms with Crippen molar-refractivity contribution in [3.8, 4) is 28.3 Å². The third kappa shape index (κ3) is 5.73. The molecule has 4 rings (SSSR count). The molecule has 2 aromatic carbocycles. The molecule has 2 aromatic heterocycles. The SMILES string of the molecule is COc1ccc(-c2ccccc2-c2csc(N(C)C(=O)C(CC(=O)O)Cc3ccccc3)n2)cn1. The lowest BCUT2D eigenvalue weighted by molar-refractivity contribution is -0.140. The summed E-state index contributed by atoms with van der Waals surface area (Å²) in [6, 6.07) is 21.0. The van der Waals surface area contributed by atoms with Crippen molar-refractivity contribution in [2.24, 2.45) is 5.92 Å². The monoisotopic (exact) mass is 487 g/mol. The number of methoxy groups -OCH3 is 1. The van der Waals surface area contributed by atoms with Crippen LogP contribution < -0.4 is 9.64 Å². The molecule has 0 bridgehead atoms. The van der Waals surface area contributed by atoms with Crippen molar-refractivity contribution in [2.45, 2.75) is 12.8 Å². The number of aliphatic carboxylic acids is 1. The number of carboxylic acids is 1. The highest BCUT2D eigenvalue weighted by Gasteiger charge is 2.27. The summed E-state index contributed by atoms with van der Waals surface area (Å²) < 4.78 is 5.16. The molecule has 0 saturated heterocycles. The first-order chi connectivity index (χ1) is 17.0. The van der Waals surface area contributed by atoms with Crippen LogP contribution in [0.1, 0.15) is 12.0 Å². The van der Waals surface area contributed by atoms with Crippen LogP contribution in [0, 0.1) is 5.92 Å². The Morgan fingerprint density at radius 2 is 1.74 bits per heavy atom. The summed E-state index contributed by atoms with van der Waals surface area (Å²) in [4.78, 5) is 35.2. The lowest BCUT2D eigenvalue weighted by atomic mass is 9.95. The summed E-state index contributed by atoms with van der Waals surface area (Å²) in [5, 5.41) is 11.8. The topological polar surface area (TPSA) is 92.6 Å². The van der Waals surface area contributed by atoms with Gasteiger partial charge in [-0.1, -0.05) is 54.6 Å². The Hall–Kier alpha value is -4.04. The highest BCUT2D eigenvalue weighted by atomic mass is 32.1. The van der Waals surface area contributed by atoms with E-state index in [-0.39, 0.29) is 12.3 Å². The summed E-state index contributed by atoms with van der Waals surface area (Å²) in [5.41, 5.74) is 4.44. The molecular weight excluding hydrogens is 462 g/mol. The fraction of sp³-hybridized carbons (Fsp3) is 0.185. The van der Waals surface area contributed by atoms with Crippen molar-refractivity contribution >= 4 is 28.3 Å². The molecule has 0 saturated carbocycles. The molecule has 0 spiro atoms. The molecule has 1 unspecified atom stereocenters. The normalized spacial score (nSPS) is 11.6. The predicted molar refractivity (Wildman–Crippen MR) is 137 cm³/mol. The van der Waals surface area contributed by atoms with Crippen molar-refractivity contribution in [3.05, 3.63) is 83.9 Å². The second-order valence-electron chi connectivity index (χ2n) is 8.03. The second kappa shape index (κ2) is 10.9. The van der Waals surface area contributed by atoms with Crippen molar-refractivity contribution in [1.82, 2.24) is 9.97 Å². The first-order valence-corrected chi connectivity index (χ1v) is 11.9. The van der Waals surface area contributed by atoms with E-state index < -0.39 is 11.9 Å². The van der Waals surface area contributed by atoms with Gasteiger partial charge in [0.2, 0.25) is 11.8 Å². The largest absolute Gasteiger partial charge is 0.481 e. The standard InChI is InChI=1S/C27H25N3O4S/c1-30(26(33)20(15-25(31)32)14-18-8-4-3-5-9-18)27-29-23(17-35-27)22-11-7-6-10-21(22)19-12-13-24(34-2)28-16-19/h3-13,16-17,20H,14-15H2,1-2H3,(H,31,32). The third-order valence-electron chi connectivity index (χ3n) is 5.66. The number of thiazole rings is 1. The van der Waals surface area contributed by atoms with Gasteiger partial charge in [-0.25, -0.2) is 9.97 Å². The molecule has 178 valence electrons. The molecule has 4 aromatic rings. The van der Waals surface area contributed by atoms with Gasteiger partial charge in [-0.2, -0.15) is 0 Å². The van der Waals surface area contributed by atoms with Crippen molar-refractivity contribution < 1.29 is 19.4 Å². The summed E-state index contributed by atoms with van der Waals surface area (Å²) in [7, 11) is 3.22. The maximum absolute atomic E-state index is 13.3. The number of rotatable bonds is 9. The lowest BCUT2D eigenvalue weighted by Crippen LogP contribution is -2.35. The molecule has 35 heavy (non-hydrogen) atoms. The minimum atomic E-state index is -1.01. The van der Waals surface area contributed by atoms with Crippen LogP contribution in [-0.2, 0) is 16.0 Å². The maximum atomic E-state index is 13.3. The van der Waals surface area contributed by atoms with Crippen LogP contribution >= 0.6 is 11.3 Å². The Morgan fingerprint density at radius 1 is 1.03 bits per heavy atom. The Morgan fingerprint density at radius 3 is 2.40 bits per heavy atom. The smallest absolute Gasteiger partial charge is 0.304 e. The number of aromatic nitrogens is 2. The number of benzene rings is 2. The average Bonchev–Trinajstić information content (AvgIpc) is 3.38. The fourth-order valence-corrected chi connectivity index (χ4v) is 4.68. The van der Waals surface area contributed by atoms with E-state index in [1.165, 1.54) is 16.2 Å². The second-order valence-corrected chi connectivity index (χ2v) is 8.87. The number of hydrogen-bond acceptors (Lipinski definition) is 6. The predicted octanol–water partition coefficient (Wildman–Crippen LogP) is 5.18. The van der Waals surface area contributed by atoms with Gasteiger partial charge in [0, 0.05) is 35.8 Å². The van der Waals surface area contributed by atoms with Crippen LogP contribution in [0.15, 0.2) is 78.3 Å². The molecule has 1 N–H and O–H groups in total. The zero-order valence-electron chi connectivity index (χ0n) is 19.4. The maximum Gasteiger partial charge on any atom is 0.304 e. The van der Waals surface area contributed by atoms with Gasteiger partial charge in [-0.15, -0.1) is 11.3 Å². The highest BCUT2D eigenvalue weighted by molar-refractivity contribution is 7.14. The number of hydrogen-bond donors (Lipinski definition) is 1. The number of carbonyl (C=O) groups is 2. The Labute approximate surface area is 207 Å². The molecule has 0 fully saturated rings. The highest BCUT2D eigenvalue weighted by Crippen LogP contribution is 2.35. The van der Waals surface area contributed by atoms with E-state index in [0.717, 1.165) is 27.9 Å². The minimum Gasteiger partial charge on any atom is -0.481 e. The molecular formula is C27H25N3O4S. The van der Waals surface area contributed by atoms with Crippen LogP contribution in [-0.4, -0.2) is 41.1 Å². The van der Waals surface area contributed by atoms with E-state index in [1.807, 2.05) is 66.0 Å². The number of carboxylic acid groups (broad SMARTS) is 1. The van der Waals surface area contributed by atoms with Gasteiger partial charge in [-0.3, -0.25) is 14.5 Å². The zero-order chi connectivity index (χ0) is 24.8. The molecule has 0 aliphatic carbocycles. The van der Waals surface area contributed by atoms with Gasteiger partial charge in [0.15, 0.2) is 5.13 Å². The molecule has 1 amide bonds. The van der Waals surface area contributed by atoms with Crippen molar-refractivity contribution in [3.63, 3.8) is 0 Å². The van der Waals surface area contributed by atoms with E-state index >= 15 is 0 Å². The number of anilines is 1. The van der Waals surface area contributed by atoms with Gasteiger partial charge in [0.1, 0.15) is 0 Å². The van der Waals surface area contributed by atoms with Crippen molar-refractivity contribution in [1.29, 1.82) is 0 Å². The summed E-state index contributed by atoms with van der Waals surface area (Å²) in [6.07, 6.45) is 1.85. The van der Waals surface area contributed by atoms with Gasteiger partial charge in [0.05, 0.1) is 25.1 Å². The minimum absolute atomic E-state index is 0.246. The third-order valence-corrected chi connectivity index (χ3v) is 6.58. The summed E-state index contributed by atoms with van der Waals surface area (Å²) in [5.74, 6) is -1.43.